The van der Waals surface area contributed by atoms with Crippen LogP contribution in [0.3, 0.4) is 0 Å². The highest BCUT2D eigenvalue weighted by Crippen LogP contribution is 2.34. The lowest BCUT2D eigenvalue weighted by Crippen LogP contribution is -2.13. The molecule has 0 aliphatic heterocycles. The van der Waals surface area contributed by atoms with Gasteiger partial charge in [0.1, 0.15) is 16.4 Å². The van der Waals surface area contributed by atoms with Gasteiger partial charge in [-0.2, -0.15) is 0 Å². The Kier molecular flexibility index (Phi) is 6.28. The number of nitrogens with zero attached hydrogens (tertiary/aromatic N) is 1. The molecule has 0 spiro atoms. The molecule has 0 atom stereocenters. The molecule has 6 nitrogen and oxygen atoms in total. The van der Waals surface area contributed by atoms with Gasteiger partial charge in [0, 0.05) is 17.2 Å². The van der Waals surface area contributed by atoms with Crippen molar-refractivity contribution >= 4 is 28.2 Å². The van der Waals surface area contributed by atoms with E-state index in [9.17, 15) is 9.59 Å². The predicted molar refractivity (Wildman–Crippen MR) is 125 cm³/mol. The zero-order valence-electron chi connectivity index (χ0n) is 17.5. The SMILES string of the molecule is COc1ccc(C(=O)Nc2nc(-c3ccccc3)c(C(=O)c3ccccc3)s2)c(OC)c1. The topological polar surface area (TPSA) is 77.5 Å². The van der Waals surface area contributed by atoms with Crippen LogP contribution in [0.4, 0.5) is 5.13 Å². The van der Waals surface area contributed by atoms with Crippen molar-refractivity contribution in [3.05, 3.63) is 94.9 Å². The van der Waals surface area contributed by atoms with Crippen LogP contribution < -0.4 is 14.8 Å². The summed E-state index contributed by atoms with van der Waals surface area (Å²) in [6, 6.07) is 23.4. The van der Waals surface area contributed by atoms with E-state index in [4.69, 9.17) is 9.47 Å². The Bertz CT molecular complexity index is 1250. The third kappa shape index (κ3) is 4.38. The molecule has 0 aliphatic carbocycles. The molecule has 4 rings (SSSR count). The van der Waals surface area contributed by atoms with Crippen molar-refractivity contribution in [1.29, 1.82) is 0 Å². The number of ether oxygens (including phenoxy) is 2. The molecule has 4 aromatic rings. The van der Waals surface area contributed by atoms with Gasteiger partial charge in [0.15, 0.2) is 5.13 Å². The van der Waals surface area contributed by atoms with Gasteiger partial charge in [-0.15, -0.1) is 0 Å². The number of hydrogen-bond acceptors (Lipinski definition) is 6. The number of anilines is 1. The first-order valence-corrected chi connectivity index (χ1v) is 10.6. The molecule has 1 amide bonds. The van der Waals surface area contributed by atoms with Gasteiger partial charge in [-0.05, 0) is 12.1 Å². The second-order valence-corrected chi connectivity index (χ2v) is 7.78. The van der Waals surface area contributed by atoms with Gasteiger partial charge in [0.05, 0.1) is 25.5 Å². The molecule has 0 bridgehead atoms. The molecule has 0 saturated carbocycles. The quantitative estimate of drug-likeness (QED) is 0.391. The van der Waals surface area contributed by atoms with Gasteiger partial charge >= 0.3 is 0 Å². The number of thiazole rings is 1. The highest BCUT2D eigenvalue weighted by Gasteiger charge is 2.22. The highest BCUT2D eigenvalue weighted by atomic mass is 32.1. The van der Waals surface area contributed by atoms with Crippen molar-refractivity contribution in [1.82, 2.24) is 4.98 Å². The summed E-state index contributed by atoms with van der Waals surface area (Å²) >= 11 is 1.14. The number of carbonyl (C=O) groups excluding carboxylic acids is 2. The number of ketones is 1. The van der Waals surface area contributed by atoms with Crippen molar-refractivity contribution in [2.75, 3.05) is 19.5 Å². The van der Waals surface area contributed by atoms with E-state index in [1.54, 1.807) is 37.4 Å². The van der Waals surface area contributed by atoms with Gasteiger partial charge in [0.2, 0.25) is 5.78 Å². The van der Waals surface area contributed by atoms with E-state index in [2.05, 4.69) is 10.3 Å². The van der Waals surface area contributed by atoms with E-state index in [1.165, 1.54) is 7.11 Å². The Morgan fingerprint density at radius 2 is 1.56 bits per heavy atom. The fraction of sp³-hybridized carbons (Fsp3) is 0.0800. The van der Waals surface area contributed by atoms with E-state index in [0.29, 0.717) is 38.3 Å². The van der Waals surface area contributed by atoms with E-state index in [1.807, 2.05) is 48.5 Å². The average molecular weight is 445 g/mol. The summed E-state index contributed by atoms with van der Waals surface area (Å²) in [5.41, 5.74) is 2.22. The number of hydrogen-bond donors (Lipinski definition) is 1. The van der Waals surface area contributed by atoms with Crippen LogP contribution in [0.15, 0.2) is 78.9 Å². The fourth-order valence-electron chi connectivity index (χ4n) is 3.19. The Labute approximate surface area is 189 Å². The Balaban J connectivity index is 1.70. The van der Waals surface area contributed by atoms with Crippen LogP contribution in [0.1, 0.15) is 25.6 Å². The summed E-state index contributed by atoms with van der Waals surface area (Å²) < 4.78 is 10.5. The smallest absolute Gasteiger partial charge is 0.261 e. The zero-order chi connectivity index (χ0) is 22.5. The van der Waals surface area contributed by atoms with Crippen LogP contribution in [-0.2, 0) is 0 Å². The normalized spacial score (nSPS) is 10.4. The number of amides is 1. The number of rotatable bonds is 7. The first-order valence-electron chi connectivity index (χ1n) is 9.80. The van der Waals surface area contributed by atoms with Crippen LogP contribution in [0.2, 0.25) is 0 Å². The second-order valence-electron chi connectivity index (χ2n) is 6.78. The third-order valence-corrected chi connectivity index (χ3v) is 5.76. The fourth-order valence-corrected chi connectivity index (χ4v) is 4.14. The van der Waals surface area contributed by atoms with Crippen molar-refractivity contribution in [3.63, 3.8) is 0 Å². The summed E-state index contributed by atoms with van der Waals surface area (Å²) in [7, 11) is 3.03. The summed E-state index contributed by atoms with van der Waals surface area (Å²) in [5.74, 6) is 0.415. The van der Waals surface area contributed by atoms with Crippen molar-refractivity contribution in [2.45, 2.75) is 0 Å². The lowest BCUT2D eigenvalue weighted by molar-refractivity contribution is 0.102. The number of carbonyl (C=O) groups is 2. The molecule has 1 aromatic heterocycles. The summed E-state index contributed by atoms with van der Waals surface area (Å²) in [4.78, 5) is 31.2. The first-order chi connectivity index (χ1) is 15.6. The van der Waals surface area contributed by atoms with Crippen LogP contribution in [-0.4, -0.2) is 30.9 Å². The lowest BCUT2D eigenvalue weighted by atomic mass is 10.1. The molecular formula is C25H20N2O4S. The number of aromatic nitrogens is 1. The van der Waals surface area contributed by atoms with Crippen molar-refractivity contribution in [2.24, 2.45) is 0 Å². The maximum absolute atomic E-state index is 13.2. The Morgan fingerprint density at radius 1 is 0.875 bits per heavy atom. The van der Waals surface area contributed by atoms with Gasteiger partial charge < -0.3 is 9.47 Å². The summed E-state index contributed by atoms with van der Waals surface area (Å²) in [6.07, 6.45) is 0. The van der Waals surface area contributed by atoms with E-state index in [0.717, 1.165) is 16.9 Å². The van der Waals surface area contributed by atoms with E-state index >= 15 is 0 Å². The van der Waals surface area contributed by atoms with Gasteiger partial charge in [0.25, 0.3) is 5.91 Å². The average Bonchev–Trinajstić information content (AvgIpc) is 3.27. The summed E-state index contributed by atoms with van der Waals surface area (Å²) in [6.45, 7) is 0. The predicted octanol–water partition coefficient (Wildman–Crippen LogP) is 5.31. The zero-order valence-corrected chi connectivity index (χ0v) is 18.3. The first kappa shape index (κ1) is 21.3. The second kappa shape index (κ2) is 9.45. The highest BCUT2D eigenvalue weighted by molar-refractivity contribution is 7.18. The van der Waals surface area contributed by atoms with Gasteiger partial charge in [-0.25, -0.2) is 4.98 Å². The van der Waals surface area contributed by atoms with Crippen LogP contribution in [0, 0.1) is 0 Å². The third-order valence-electron chi connectivity index (χ3n) is 4.79. The van der Waals surface area contributed by atoms with Crippen molar-refractivity contribution in [3.8, 4) is 22.8 Å². The van der Waals surface area contributed by atoms with Crippen LogP contribution in [0.5, 0.6) is 11.5 Å². The minimum absolute atomic E-state index is 0.149. The molecule has 0 unspecified atom stereocenters. The monoisotopic (exact) mass is 444 g/mol. The molecule has 32 heavy (non-hydrogen) atoms. The minimum atomic E-state index is -0.392. The molecule has 0 saturated heterocycles. The molecule has 3 aromatic carbocycles. The Morgan fingerprint density at radius 3 is 2.22 bits per heavy atom. The maximum atomic E-state index is 13.2. The number of nitrogens with one attached hydrogen (secondary N) is 1. The van der Waals surface area contributed by atoms with Gasteiger partial charge in [-0.3, -0.25) is 14.9 Å². The maximum Gasteiger partial charge on any atom is 0.261 e. The van der Waals surface area contributed by atoms with Crippen molar-refractivity contribution < 1.29 is 19.1 Å². The number of methoxy groups -OCH3 is 2. The van der Waals surface area contributed by atoms with Gasteiger partial charge in [-0.1, -0.05) is 72.0 Å². The molecule has 0 fully saturated rings. The standard InChI is InChI=1S/C25H20N2O4S/c1-30-18-13-14-19(20(15-18)31-2)24(29)27-25-26-21(16-9-5-3-6-10-16)23(32-25)22(28)17-11-7-4-8-12-17/h3-15H,1-2H3,(H,26,27,29). The minimum Gasteiger partial charge on any atom is -0.497 e. The molecule has 1 N–H and O–H groups in total. The molecular weight excluding hydrogens is 424 g/mol. The molecule has 7 heteroatoms. The molecule has 0 radical (unpaired) electrons. The lowest BCUT2D eigenvalue weighted by Gasteiger charge is -2.09. The number of benzene rings is 3. The molecule has 1 heterocycles. The molecule has 160 valence electrons. The van der Waals surface area contributed by atoms with Crippen LogP contribution >= 0.6 is 11.3 Å². The largest absolute Gasteiger partial charge is 0.497 e. The Hall–Kier alpha value is -3.97. The van der Waals surface area contributed by atoms with E-state index < -0.39 is 5.91 Å². The summed E-state index contributed by atoms with van der Waals surface area (Å²) in [5, 5.41) is 3.13. The van der Waals surface area contributed by atoms with Crippen LogP contribution in [0.25, 0.3) is 11.3 Å². The molecule has 0 aliphatic rings. The van der Waals surface area contributed by atoms with E-state index in [-0.39, 0.29) is 5.78 Å².